The molecule has 1 fully saturated rings. The average molecular weight is 251 g/mol. The minimum atomic E-state index is 0.490. The highest BCUT2D eigenvalue weighted by molar-refractivity contribution is 5.77. The Labute approximate surface area is 115 Å². The third-order valence-corrected chi connectivity index (χ3v) is 4.47. The van der Waals surface area contributed by atoms with E-state index < -0.39 is 0 Å². The highest BCUT2D eigenvalue weighted by atomic mass is 14.9. The van der Waals surface area contributed by atoms with Gasteiger partial charge in [0.05, 0.1) is 0 Å². The molecule has 19 heavy (non-hydrogen) atoms. The van der Waals surface area contributed by atoms with Gasteiger partial charge in [-0.3, -0.25) is 0 Å². The van der Waals surface area contributed by atoms with E-state index in [0.29, 0.717) is 11.5 Å². The van der Waals surface area contributed by atoms with Crippen molar-refractivity contribution in [3.05, 3.63) is 54.6 Å². The predicted molar refractivity (Wildman–Crippen MR) is 82.3 cm³/mol. The highest BCUT2D eigenvalue weighted by Crippen LogP contribution is 2.49. The molecule has 1 heteroatoms. The van der Waals surface area contributed by atoms with Crippen LogP contribution in [0, 0.1) is 5.41 Å². The first-order chi connectivity index (χ1) is 9.19. The Bertz CT molecular complexity index is 555. The predicted octanol–water partition coefficient (Wildman–Crippen LogP) is 4.95. The van der Waals surface area contributed by atoms with Gasteiger partial charge in [-0.05, 0) is 36.8 Å². The zero-order valence-corrected chi connectivity index (χ0v) is 11.7. The van der Waals surface area contributed by atoms with Crippen molar-refractivity contribution in [1.29, 1.82) is 0 Å². The zero-order valence-electron chi connectivity index (χ0n) is 11.7. The van der Waals surface area contributed by atoms with Gasteiger partial charge in [-0.2, -0.15) is 0 Å². The SMILES string of the molecule is CC(Nc1ccccc1-c1ccccc1)C1(C)CC1. The molecule has 0 saturated heterocycles. The van der Waals surface area contributed by atoms with Crippen molar-refractivity contribution >= 4 is 5.69 Å². The lowest BCUT2D eigenvalue weighted by Gasteiger charge is -2.23. The summed E-state index contributed by atoms with van der Waals surface area (Å²) in [5, 5.41) is 3.71. The van der Waals surface area contributed by atoms with E-state index in [1.54, 1.807) is 0 Å². The van der Waals surface area contributed by atoms with Crippen molar-refractivity contribution in [2.24, 2.45) is 5.41 Å². The second kappa shape index (κ2) is 4.73. The molecule has 1 unspecified atom stereocenters. The molecular weight excluding hydrogens is 230 g/mol. The van der Waals surface area contributed by atoms with E-state index in [1.165, 1.54) is 29.7 Å². The normalized spacial score (nSPS) is 17.8. The molecule has 1 aliphatic carbocycles. The van der Waals surface area contributed by atoms with Gasteiger partial charge in [-0.1, -0.05) is 55.5 Å². The van der Waals surface area contributed by atoms with Gasteiger partial charge in [-0.15, -0.1) is 0 Å². The molecule has 3 rings (SSSR count). The zero-order chi connectivity index (χ0) is 13.3. The van der Waals surface area contributed by atoms with Crippen LogP contribution in [0.15, 0.2) is 54.6 Å². The number of hydrogen-bond acceptors (Lipinski definition) is 1. The number of rotatable bonds is 4. The second-order valence-electron chi connectivity index (χ2n) is 5.93. The number of nitrogens with one attached hydrogen (secondary N) is 1. The molecule has 0 aromatic heterocycles. The van der Waals surface area contributed by atoms with Crippen LogP contribution in [-0.2, 0) is 0 Å². The van der Waals surface area contributed by atoms with E-state index in [1.807, 2.05) is 0 Å². The molecule has 0 spiro atoms. The van der Waals surface area contributed by atoms with Crippen LogP contribution in [-0.4, -0.2) is 6.04 Å². The van der Waals surface area contributed by atoms with E-state index in [-0.39, 0.29) is 0 Å². The molecule has 2 aromatic carbocycles. The number of benzene rings is 2. The fourth-order valence-corrected chi connectivity index (χ4v) is 2.52. The molecule has 0 aliphatic heterocycles. The van der Waals surface area contributed by atoms with Gasteiger partial charge in [0.25, 0.3) is 0 Å². The Balaban J connectivity index is 1.90. The van der Waals surface area contributed by atoms with Crippen molar-refractivity contribution < 1.29 is 0 Å². The summed E-state index contributed by atoms with van der Waals surface area (Å²) < 4.78 is 0. The summed E-state index contributed by atoms with van der Waals surface area (Å²) in [6, 6.07) is 19.7. The van der Waals surface area contributed by atoms with Gasteiger partial charge in [0.1, 0.15) is 0 Å². The summed E-state index contributed by atoms with van der Waals surface area (Å²) in [6.07, 6.45) is 2.68. The van der Waals surface area contributed by atoms with Crippen molar-refractivity contribution in [1.82, 2.24) is 0 Å². The summed E-state index contributed by atoms with van der Waals surface area (Å²) in [4.78, 5) is 0. The van der Waals surface area contributed by atoms with E-state index in [0.717, 1.165) is 0 Å². The van der Waals surface area contributed by atoms with E-state index in [9.17, 15) is 0 Å². The topological polar surface area (TPSA) is 12.0 Å². The molecule has 2 aromatic rings. The van der Waals surface area contributed by atoms with Crippen LogP contribution in [0.1, 0.15) is 26.7 Å². The Kier molecular flexibility index (Phi) is 3.06. The summed E-state index contributed by atoms with van der Waals surface area (Å²) in [6.45, 7) is 4.67. The Morgan fingerprint density at radius 3 is 2.26 bits per heavy atom. The van der Waals surface area contributed by atoms with Gasteiger partial charge in [0, 0.05) is 17.3 Å². The molecule has 1 N–H and O–H groups in total. The molecule has 1 saturated carbocycles. The van der Waals surface area contributed by atoms with Crippen LogP contribution in [0.5, 0.6) is 0 Å². The Hall–Kier alpha value is -1.76. The van der Waals surface area contributed by atoms with Crippen LogP contribution in [0.2, 0.25) is 0 Å². The van der Waals surface area contributed by atoms with Crippen molar-refractivity contribution in [3.63, 3.8) is 0 Å². The molecule has 1 nitrogen and oxygen atoms in total. The summed E-state index contributed by atoms with van der Waals surface area (Å²) >= 11 is 0. The van der Waals surface area contributed by atoms with Crippen LogP contribution in [0.3, 0.4) is 0 Å². The maximum absolute atomic E-state index is 3.71. The highest BCUT2D eigenvalue weighted by Gasteiger charge is 2.42. The quantitative estimate of drug-likeness (QED) is 0.810. The van der Waals surface area contributed by atoms with Crippen LogP contribution < -0.4 is 5.32 Å². The minimum absolute atomic E-state index is 0.490. The van der Waals surface area contributed by atoms with Crippen LogP contribution in [0.25, 0.3) is 11.1 Å². The molecule has 0 amide bonds. The molecule has 0 bridgehead atoms. The average Bonchev–Trinajstić information content (AvgIpc) is 3.20. The smallest absolute Gasteiger partial charge is 0.0422 e. The van der Waals surface area contributed by atoms with Crippen molar-refractivity contribution in [3.8, 4) is 11.1 Å². The maximum Gasteiger partial charge on any atom is 0.0422 e. The fourth-order valence-electron chi connectivity index (χ4n) is 2.52. The fraction of sp³-hybridized carbons (Fsp3) is 0.333. The molecule has 98 valence electrons. The lowest BCUT2D eigenvalue weighted by Crippen LogP contribution is -2.25. The standard InChI is InChI=1S/C18H21N/c1-14(18(2)12-13-18)19-17-11-7-6-10-16(17)15-8-4-3-5-9-15/h3-11,14,19H,12-13H2,1-2H3. The first-order valence-electron chi connectivity index (χ1n) is 7.10. The first kappa shape index (κ1) is 12.3. The monoisotopic (exact) mass is 251 g/mol. The van der Waals surface area contributed by atoms with Gasteiger partial charge in [0.2, 0.25) is 0 Å². The van der Waals surface area contributed by atoms with Gasteiger partial charge in [0.15, 0.2) is 0 Å². The van der Waals surface area contributed by atoms with Crippen molar-refractivity contribution in [2.45, 2.75) is 32.7 Å². The number of hydrogen-bond donors (Lipinski definition) is 1. The maximum atomic E-state index is 3.71. The third kappa shape index (κ3) is 2.51. The Morgan fingerprint density at radius 2 is 1.58 bits per heavy atom. The van der Waals surface area contributed by atoms with E-state index in [2.05, 4.69) is 73.8 Å². The van der Waals surface area contributed by atoms with E-state index >= 15 is 0 Å². The minimum Gasteiger partial charge on any atom is -0.382 e. The molecule has 0 heterocycles. The number of anilines is 1. The lowest BCUT2D eigenvalue weighted by molar-refractivity contribution is 0.493. The molecule has 0 radical (unpaired) electrons. The molecule has 1 atom stereocenters. The number of para-hydroxylation sites is 1. The van der Waals surface area contributed by atoms with Gasteiger partial charge in [-0.25, -0.2) is 0 Å². The summed E-state index contributed by atoms with van der Waals surface area (Å²) in [7, 11) is 0. The molecule has 1 aliphatic rings. The van der Waals surface area contributed by atoms with Gasteiger partial charge >= 0.3 is 0 Å². The lowest BCUT2D eigenvalue weighted by atomic mass is 9.98. The molecular formula is C18H21N. The Morgan fingerprint density at radius 1 is 0.947 bits per heavy atom. The van der Waals surface area contributed by atoms with Crippen LogP contribution >= 0.6 is 0 Å². The van der Waals surface area contributed by atoms with Crippen molar-refractivity contribution in [2.75, 3.05) is 5.32 Å². The van der Waals surface area contributed by atoms with Gasteiger partial charge < -0.3 is 5.32 Å². The van der Waals surface area contributed by atoms with Crippen LogP contribution in [0.4, 0.5) is 5.69 Å². The second-order valence-corrected chi connectivity index (χ2v) is 5.93. The third-order valence-electron chi connectivity index (χ3n) is 4.47. The summed E-state index contributed by atoms with van der Waals surface area (Å²) in [5.74, 6) is 0. The first-order valence-corrected chi connectivity index (χ1v) is 7.10. The summed E-state index contributed by atoms with van der Waals surface area (Å²) in [5.41, 5.74) is 4.30. The van der Waals surface area contributed by atoms with E-state index in [4.69, 9.17) is 0 Å². The largest absolute Gasteiger partial charge is 0.382 e.